The predicted molar refractivity (Wildman–Crippen MR) is 124 cm³/mol. The summed E-state index contributed by atoms with van der Waals surface area (Å²) in [6.07, 6.45) is 4.12. The van der Waals surface area contributed by atoms with E-state index >= 15 is 0 Å². The van der Waals surface area contributed by atoms with Crippen molar-refractivity contribution in [3.63, 3.8) is 0 Å². The Morgan fingerprint density at radius 3 is 2.67 bits per heavy atom. The number of methoxy groups -OCH3 is 1. The number of hydrogen-bond acceptors (Lipinski definition) is 6. The van der Waals surface area contributed by atoms with Gasteiger partial charge in [0.25, 0.3) is 5.56 Å². The van der Waals surface area contributed by atoms with Crippen LogP contribution >= 0.6 is 0 Å². The van der Waals surface area contributed by atoms with Crippen molar-refractivity contribution in [1.82, 2.24) is 19.2 Å². The standard InChI is InChI=1S/C25H20N4O4/c1-3-19-23(15-4-7-17(31-2)8-5-15)24-26-13-18-20(29(24)27-19)10-11-28(25(18)30)16-6-9-21-22(12-16)33-14-32-21/h4-13H,3,14H2,1-2H3. The van der Waals surface area contributed by atoms with Crippen LogP contribution in [-0.2, 0) is 6.42 Å². The highest BCUT2D eigenvalue weighted by molar-refractivity contribution is 5.87. The Hall–Kier alpha value is -4.33. The van der Waals surface area contributed by atoms with Gasteiger partial charge >= 0.3 is 0 Å². The maximum Gasteiger partial charge on any atom is 0.266 e. The zero-order valence-electron chi connectivity index (χ0n) is 18.1. The molecule has 1 aliphatic rings. The maximum absolute atomic E-state index is 13.4. The van der Waals surface area contributed by atoms with Crippen molar-refractivity contribution in [3.8, 4) is 34.1 Å². The summed E-state index contributed by atoms with van der Waals surface area (Å²) in [6, 6.07) is 15.2. The molecule has 164 valence electrons. The van der Waals surface area contributed by atoms with Crippen LogP contribution < -0.4 is 19.8 Å². The van der Waals surface area contributed by atoms with E-state index in [2.05, 4.69) is 11.9 Å². The van der Waals surface area contributed by atoms with Gasteiger partial charge in [0.05, 0.1) is 29.4 Å². The molecule has 0 spiro atoms. The van der Waals surface area contributed by atoms with Gasteiger partial charge < -0.3 is 14.2 Å². The molecule has 4 heterocycles. The van der Waals surface area contributed by atoms with Gasteiger partial charge in [-0.2, -0.15) is 5.10 Å². The molecule has 0 bridgehead atoms. The van der Waals surface area contributed by atoms with Gasteiger partial charge in [0.15, 0.2) is 17.1 Å². The number of ether oxygens (including phenoxy) is 3. The highest BCUT2D eigenvalue weighted by Gasteiger charge is 2.19. The zero-order valence-corrected chi connectivity index (χ0v) is 18.1. The summed E-state index contributed by atoms with van der Waals surface area (Å²) in [4.78, 5) is 18.0. The van der Waals surface area contributed by atoms with Crippen molar-refractivity contribution in [2.45, 2.75) is 13.3 Å². The molecule has 3 aromatic heterocycles. The van der Waals surface area contributed by atoms with Gasteiger partial charge in [0.1, 0.15) is 5.75 Å². The van der Waals surface area contributed by atoms with E-state index in [9.17, 15) is 4.79 Å². The third-order valence-corrected chi connectivity index (χ3v) is 5.93. The number of benzene rings is 2. The maximum atomic E-state index is 13.4. The Morgan fingerprint density at radius 2 is 1.88 bits per heavy atom. The molecule has 0 saturated carbocycles. The van der Waals surface area contributed by atoms with Crippen LogP contribution in [0.15, 0.2) is 65.7 Å². The van der Waals surface area contributed by atoms with Gasteiger partial charge in [-0.1, -0.05) is 19.1 Å². The second kappa shape index (κ2) is 7.37. The summed E-state index contributed by atoms with van der Waals surface area (Å²) >= 11 is 0. The van der Waals surface area contributed by atoms with E-state index in [1.54, 1.807) is 40.7 Å². The molecule has 0 saturated heterocycles. The second-order valence-electron chi connectivity index (χ2n) is 7.72. The highest BCUT2D eigenvalue weighted by Crippen LogP contribution is 2.34. The van der Waals surface area contributed by atoms with E-state index in [0.29, 0.717) is 33.7 Å². The number of nitrogens with zero attached hydrogens (tertiary/aromatic N) is 4. The molecule has 8 heteroatoms. The molecule has 0 aliphatic carbocycles. The number of rotatable bonds is 4. The van der Waals surface area contributed by atoms with E-state index in [-0.39, 0.29) is 12.4 Å². The first kappa shape index (κ1) is 19.4. The lowest BCUT2D eigenvalue weighted by Gasteiger charge is -2.09. The lowest BCUT2D eigenvalue weighted by Crippen LogP contribution is -2.18. The summed E-state index contributed by atoms with van der Waals surface area (Å²) in [5.74, 6) is 2.08. The summed E-state index contributed by atoms with van der Waals surface area (Å²) < 4.78 is 19.5. The van der Waals surface area contributed by atoms with Crippen LogP contribution in [0.2, 0.25) is 0 Å². The Morgan fingerprint density at radius 1 is 1.06 bits per heavy atom. The average molecular weight is 440 g/mol. The molecule has 8 nitrogen and oxygen atoms in total. The second-order valence-corrected chi connectivity index (χ2v) is 7.72. The fourth-order valence-electron chi connectivity index (χ4n) is 4.25. The summed E-state index contributed by atoms with van der Waals surface area (Å²) in [6.45, 7) is 2.24. The van der Waals surface area contributed by atoms with E-state index in [1.165, 1.54) is 0 Å². The lowest BCUT2D eigenvalue weighted by atomic mass is 10.0. The first-order chi connectivity index (χ1) is 16.2. The van der Waals surface area contributed by atoms with E-state index in [1.807, 2.05) is 36.4 Å². The van der Waals surface area contributed by atoms with E-state index < -0.39 is 0 Å². The molecule has 0 unspecified atom stereocenters. The van der Waals surface area contributed by atoms with E-state index in [4.69, 9.17) is 19.3 Å². The fraction of sp³-hybridized carbons (Fsp3) is 0.160. The molecule has 33 heavy (non-hydrogen) atoms. The highest BCUT2D eigenvalue weighted by atomic mass is 16.7. The van der Waals surface area contributed by atoms with Crippen LogP contribution in [0, 0.1) is 0 Å². The average Bonchev–Trinajstić information content (AvgIpc) is 3.48. The smallest absolute Gasteiger partial charge is 0.266 e. The quantitative estimate of drug-likeness (QED) is 0.420. The third-order valence-electron chi connectivity index (χ3n) is 5.93. The normalized spacial score (nSPS) is 12.5. The molecule has 2 aromatic carbocycles. The van der Waals surface area contributed by atoms with Crippen molar-refractivity contribution in [1.29, 1.82) is 0 Å². The minimum absolute atomic E-state index is 0.180. The van der Waals surface area contributed by atoms with Gasteiger partial charge in [-0.25, -0.2) is 9.50 Å². The monoisotopic (exact) mass is 440 g/mol. The van der Waals surface area contributed by atoms with Crippen LogP contribution in [-0.4, -0.2) is 33.1 Å². The van der Waals surface area contributed by atoms with Crippen molar-refractivity contribution in [2.75, 3.05) is 13.9 Å². The summed E-state index contributed by atoms with van der Waals surface area (Å²) in [7, 11) is 1.64. The van der Waals surface area contributed by atoms with Gasteiger partial charge in [-0.3, -0.25) is 9.36 Å². The molecule has 0 fully saturated rings. The fourth-order valence-corrected chi connectivity index (χ4v) is 4.25. The van der Waals surface area contributed by atoms with Gasteiger partial charge in [0.2, 0.25) is 6.79 Å². The van der Waals surface area contributed by atoms with E-state index in [0.717, 1.165) is 29.0 Å². The topological polar surface area (TPSA) is 79.9 Å². The zero-order chi connectivity index (χ0) is 22.5. The molecular weight excluding hydrogens is 420 g/mol. The van der Waals surface area contributed by atoms with Crippen molar-refractivity contribution >= 4 is 16.6 Å². The molecule has 1 aliphatic heterocycles. The van der Waals surface area contributed by atoms with Crippen molar-refractivity contribution in [3.05, 3.63) is 77.0 Å². The molecule has 0 atom stereocenters. The Labute approximate surface area is 188 Å². The number of pyridine rings is 1. The van der Waals surface area contributed by atoms with Crippen LogP contribution in [0.25, 0.3) is 33.4 Å². The SMILES string of the molecule is CCc1nn2c(ncc3c(=O)n(-c4ccc5c(c4)OCO5)ccc32)c1-c1ccc(OC)cc1. The number of aryl methyl sites for hydroxylation is 1. The third kappa shape index (κ3) is 2.95. The lowest BCUT2D eigenvalue weighted by molar-refractivity contribution is 0.174. The molecule has 5 aromatic rings. The van der Waals surface area contributed by atoms with Gasteiger partial charge in [-0.15, -0.1) is 0 Å². The van der Waals surface area contributed by atoms with Crippen LogP contribution in [0.1, 0.15) is 12.6 Å². The molecule has 0 amide bonds. The summed E-state index contributed by atoms with van der Waals surface area (Å²) in [5, 5.41) is 5.29. The first-order valence-electron chi connectivity index (χ1n) is 10.6. The molecule has 0 N–H and O–H groups in total. The number of hydrogen-bond donors (Lipinski definition) is 0. The van der Waals surface area contributed by atoms with Crippen LogP contribution in [0.3, 0.4) is 0 Å². The Balaban J connectivity index is 1.54. The minimum atomic E-state index is -0.180. The summed E-state index contributed by atoms with van der Waals surface area (Å²) in [5.41, 5.74) is 4.81. The minimum Gasteiger partial charge on any atom is -0.497 e. The van der Waals surface area contributed by atoms with Crippen molar-refractivity contribution in [2.24, 2.45) is 0 Å². The van der Waals surface area contributed by atoms with Crippen LogP contribution in [0.5, 0.6) is 17.2 Å². The predicted octanol–water partition coefficient (Wildman–Crippen LogP) is 4.00. The largest absolute Gasteiger partial charge is 0.497 e. The molecule has 0 radical (unpaired) electrons. The number of fused-ring (bicyclic) bond motifs is 4. The van der Waals surface area contributed by atoms with Crippen molar-refractivity contribution < 1.29 is 14.2 Å². The molecular formula is C25H20N4O4. The van der Waals surface area contributed by atoms with Gasteiger partial charge in [0, 0.05) is 24.0 Å². The Kier molecular flexibility index (Phi) is 4.33. The van der Waals surface area contributed by atoms with Crippen LogP contribution in [0.4, 0.5) is 0 Å². The first-order valence-corrected chi connectivity index (χ1v) is 10.6. The molecule has 6 rings (SSSR count). The Bertz CT molecular complexity index is 1580. The number of aromatic nitrogens is 4. The van der Waals surface area contributed by atoms with Gasteiger partial charge in [-0.05, 0) is 42.3 Å².